The van der Waals surface area contributed by atoms with Crippen LogP contribution in [0.1, 0.15) is 6.92 Å². The summed E-state index contributed by atoms with van der Waals surface area (Å²) in [6.45, 7) is 1.20. The van der Waals surface area contributed by atoms with E-state index in [4.69, 9.17) is 0 Å². The van der Waals surface area contributed by atoms with Gasteiger partial charge in [0.2, 0.25) is 5.78 Å². The second-order valence-electron chi connectivity index (χ2n) is 3.46. The normalized spacial score (nSPS) is 11.2. The van der Waals surface area contributed by atoms with Gasteiger partial charge >= 0.3 is 11.9 Å². The van der Waals surface area contributed by atoms with Crippen molar-refractivity contribution in [2.45, 2.75) is 17.7 Å². The molecule has 0 aliphatic heterocycles. The van der Waals surface area contributed by atoms with E-state index in [1.165, 1.54) is 6.92 Å². The van der Waals surface area contributed by atoms with Crippen molar-refractivity contribution in [2.75, 3.05) is 12.4 Å². The molecule has 0 atom stereocenters. The number of rotatable bonds is 6. The quantitative estimate of drug-likeness (QED) is 0.447. The molecular formula is C12H11BrF2O3S. The molecule has 0 spiro atoms. The van der Waals surface area contributed by atoms with Crippen LogP contribution in [0.2, 0.25) is 0 Å². The molecule has 0 saturated carbocycles. The van der Waals surface area contributed by atoms with Crippen LogP contribution in [0, 0.1) is 0 Å². The van der Waals surface area contributed by atoms with Gasteiger partial charge in [0.05, 0.1) is 12.4 Å². The molecule has 7 heteroatoms. The zero-order valence-corrected chi connectivity index (χ0v) is 12.4. The first kappa shape index (κ1) is 16.1. The molecule has 104 valence electrons. The van der Waals surface area contributed by atoms with Crippen molar-refractivity contribution in [3.05, 3.63) is 28.7 Å². The van der Waals surface area contributed by atoms with E-state index in [-0.39, 0.29) is 6.61 Å². The summed E-state index contributed by atoms with van der Waals surface area (Å²) in [5, 5.41) is 0. The number of ether oxygens (including phenoxy) is 1. The van der Waals surface area contributed by atoms with Crippen molar-refractivity contribution in [1.29, 1.82) is 0 Å². The number of thioether (sulfide) groups is 1. The van der Waals surface area contributed by atoms with E-state index in [0.29, 0.717) is 4.90 Å². The van der Waals surface area contributed by atoms with Gasteiger partial charge in [-0.3, -0.25) is 4.79 Å². The first-order valence-corrected chi connectivity index (χ1v) is 7.12. The van der Waals surface area contributed by atoms with Crippen molar-refractivity contribution in [3.8, 4) is 0 Å². The maximum atomic E-state index is 13.3. The minimum Gasteiger partial charge on any atom is -0.461 e. The van der Waals surface area contributed by atoms with Crippen LogP contribution in [0.5, 0.6) is 0 Å². The Kier molecular flexibility index (Phi) is 5.93. The van der Waals surface area contributed by atoms with E-state index in [2.05, 4.69) is 20.7 Å². The number of halogens is 3. The second-order valence-corrected chi connectivity index (χ2v) is 5.43. The number of benzene rings is 1. The highest BCUT2D eigenvalue weighted by Gasteiger charge is 2.48. The number of hydrogen-bond acceptors (Lipinski definition) is 4. The van der Waals surface area contributed by atoms with Crippen molar-refractivity contribution < 1.29 is 23.1 Å². The van der Waals surface area contributed by atoms with E-state index < -0.39 is 23.4 Å². The van der Waals surface area contributed by atoms with Crippen LogP contribution in [0.3, 0.4) is 0 Å². The topological polar surface area (TPSA) is 43.4 Å². The highest BCUT2D eigenvalue weighted by atomic mass is 79.9. The van der Waals surface area contributed by atoms with Crippen LogP contribution in [0.25, 0.3) is 0 Å². The predicted octanol–water partition coefficient (Wildman–Crippen LogP) is 3.31. The largest absolute Gasteiger partial charge is 0.461 e. The van der Waals surface area contributed by atoms with Gasteiger partial charge in [0.15, 0.2) is 0 Å². The molecule has 0 aromatic heterocycles. The molecule has 0 unspecified atom stereocenters. The summed E-state index contributed by atoms with van der Waals surface area (Å²) in [5.41, 5.74) is 0. The molecule has 19 heavy (non-hydrogen) atoms. The van der Waals surface area contributed by atoms with Crippen molar-refractivity contribution in [1.82, 2.24) is 0 Å². The lowest BCUT2D eigenvalue weighted by atomic mass is 10.2. The molecule has 0 saturated heterocycles. The summed E-state index contributed by atoms with van der Waals surface area (Å²) < 4.78 is 31.7. The third kappa shape index (κ3) is 4.58. The Morgan fingerprint density at radius 3 is 2.42 bits per heavy atom. The zero-order valence-electron chi connectivity index (χ0n) is 9.99. The molecular weight excluding hydrogens is 342 g/mol. The van der Waals surface area contributed by atoms with Crippen LogP contribution >= 0.6 is 27.7 Å². The van der Waals surface area contributed by atoms with Crippen molar-refractivity contribution >= 4 is 39.4 Å². The molecule has 1 aromatic carbocycles. The van der Waals surface area contributed by atoms with Gasteiger partial charge in [-0.2, -0.15) is 8.78 Å². The van der Waals surface area contributed by atoms with Gasteiger partial charge in [-0.15, -0.1) is 11.8 Å². The number of hydrogen-bond donors (Lipinski definition) is 0. The number of carbonyl (C=O) groups is 2. The highest BCUT2D eigenvalue weighted by Crippen LogP contribution is 2.25. The smallest absolute Gasteiger partial charge is 0.400 e. The average molecular weight is 353 g/mol. The monoisotopic (exact) mass is 352 g/mol. The SMILES string of the molecule is CCOC(=O)C(F)(F)C(=O)CSc1ccc(Br)cc1. The first-order chi connectivity index (χ1) is 8.87. The van der Waals surface area contributed by atoms with Crippen LogP contribution in [-0.2, 0) is 14.3 Å². The maximum Gasteiger partial charge on any atom is 0.400 e. The standard InChI is InChI=1S/C12H11BrF2O3S/c1-2-18-11(17)12(14,15)10(16)7-19-9-5-3-8(13)4-6-9/h3-6H,2,7H2,1H3. The summed E-state index contributed by atoms with van der Waals surface area (Å²) in [7, 11) is 0. The fourth-order valence-corrected chi connectivity index (χ4v) is 2.18. The van der Waals surface area contributed by atoms with Crippen LogP contribution in [0.15, 0.2) is 33.6 Å². The number of carbonyl (C=O) groups excluding carboxylic acids is 2. The molecule has 0 heterocycles. The van der Waals surface area contributed by atoms with Crippen molar-refractivity contribution in [2.24, 2.45) is 0 Å². The summed E-state index contributed by atoms with van der Waals surface area (Å²) in [6.07, 6.45) is 0. The summed E-state index contributed by atoms with van der Waals surface area (Å²) >= 11 is 4.18. The van der Waals surface area contributed by atoms with Crippen LogP contribution in [-0.4, -0.2) is 30.0 Å². The molecule has 0 aliphatic rings. The predicted molar refractivity (Wildman–Crippen MR) is 71.5 cm³/mol. The minimum absolute atomic E-state index is 0.193. The average Bonchev–Trinajstić information content (AvgIpc) is 2.37. The van der Waals surface area contributed by atoms with Gasteiger partial charge in [0, 0.05) is 9.37 Å². The van der Waals surface area contributed by atoms with Gasteiger partial charge in [-0.25, -0.2) is 4.79 Å². The van der Waals surface area contributed by atoms with Crippen LogP contribution < -0.4 is 0 Å². The summed E-state index contributed by atoms with van der Waals surface area (Å²) in [4.78, 5) is 23.0. The van der Waals surface area contributed by atoms with E-state index in [1.54, 1.807) is 24.3 Å². The lowest BCUT2D eigenvalue weighted by Crippen LogP contribution is -2.40. The second kappa shape index (κ2) is 7.00. The number of alkyl halides is 2. The molecule has 0 aliphatic carbocycles. The third-order valence-electron chi connectivity index (χ3n) is 2.07. The third-order valence-corrected chi connectivity index (χ3v) is 3.61. The van der Waals surface area contributed by atoms with Gasteiger partial charge in [-0.1, -0.05) is 15.9 Å². The Bertz CT molecular complexity index is 463. The van der Waals surface area contributed by atoms with E-state index in [1.807, 2.05) is 0 Å². The van der Waals surface area contributed by atoms with Gasteiger partial charge in [0.25, 0.3) is 0 Å². The lowest BCUT2D eigenvalue weighted by Gasteiger charge is -2.12. The Balaban J connectivity index is 2.59. The summed E-state index contributed by atoms with van der Waals surface area (Å²) in [5.74, 6) is -7.83. The van der Waals surface area contributed by atoms with Crippen molar-refractivity contribution in [3.63, 3.8) is 0 Å². The van der Waals surface area contributed by atoms with Gasteiger partial charge in [-0.05, 0) is 31.2 Å². The molecule has 0 amide bonds. The number of ketones is 1. The Morgan fingerprint density at radius 1 is 1.32 bits per heavy atom. The molecule has 0 N–H and O–H groups in total. The lowest BCUT2D eigenvalue weighted by molar-refractivity contribution is -0.175. The fourth-order valence-electron chi connectivity index (χ4n) is 1.11. The zero-order chi connectivity index (χ0) is 14.5. The Labute approximate surface area is 121 Å². The highest BCUT2D eigenvalue weighted by molar-refractivity contribution is 9.10. The summed E-state index contributed by atoms with van der Waals surface area (Å²) in [6, 6.07) is 6.83. The first-order valence-electron chi connectivity index (χ1n) is 5.34. The Morgan fingerprint density at radius 2 is 1.89 bits per heavy atom. The molecule has 0 fully saturated rings. The van der Waals surface area contributed by atoms with E-state index in [9.17, 15) is 18.4 Å². The number of esters is 1. The fraction of sp³-hybridized carbons (Fsp3) is 0.333. The van der Waals surface area contributed by atoms with Gasteiger partial charge in [0.1, 0.15) is 0 Å². The maximum absolute atomic E-state index is 13.3. The number of Topliss-reactive ketones (excluding diaryl/α,β-unsaturated/α-hetero) is 1. The van der Waals surface area contributed by atoms with Gasteiger partial charge < -0.3 is 4.74 Å². The molecule has 0 bridgehead atoms. The molecule has 1 rings (SSSR count). The minimum atomic E-state index is -4.08. The van der Waals surface area contributed by atoms with E-state index >= 15 is 0 Å². The molecule has 0 radical (unpaired) electrons. The molecule has 1 aromatic rings. The van der Waals surface area contributed by atoms with E-state index in [0.717, 1.165) is 16.2 Å². The van der Waals surface area contributed by atoms with Crippen LogP contribution in [0.4, 0.5) is 8.78 Å². The molecule has 3 nitrogen and oxygen atoms in total. The Hall–Kier alpha value is -0.950.